The number of piperidine rings is 2. The highest BCUT2D eigenvalue weighted by Crippen LogP contribution is 2.29. The molecule has 0 radical (unpaired) electrons. The molecule has 0 saturated carbocycles. The minimum atomic E-state index is -0.460. The van der Waals surface area contributed by atoms with Gasteiger partial charge in [0.25, 0.3) is 0 Å². The summed E-state index contributed by atoms with van der Waals surface area (Å²) >= 11 is 12.0. The highest BCUT2D eigenvalue weighted by Gasteiger charge is 2.40. The average molecular weight is 916 g/mol. The number of piperazine rings is 2. The van der Waals surface area contributed by atoms with E-state index in [1.54, 1.807) is 4.90 Å². The molecule has 1 N–H and O–H groups in total. The Bertz CT molecular complexity index is 1760. The Hall–Kier alpha value is -3.01. The first kappa shape index (κ1) is 49.4. The van der Waals surface area contributed by atoms with E-state index in [0.29, 0.717) is 56.1 Å². The Morgan fingerprint density at radius 1 is 0.651 bits per heavy atom. The minimum Gasteiger partial charge on any atom is -0.444 e. The van der Waals surface area contributed by atoms with E-state index in [0.717, 1.165) is 115 Å². The molecule has 13 nitrogen and oxygen atoms in total. The zero-order valence-electron chi connectivity index (χ0n) is 38.5. The van der Waals surface area contributed by atoms with Gasteiger partial charge in [-0.25, -0.2) is 9.59 Å². The van der Waals surface area contributed by atoms with Crippen LogP contribution in [0.1, 0.15) is 78.4 Å². The fraction of sp³-hybridized carbons (Fsp3) is 0.688. The van der Waals surface area contributed by atoms with E-state index < -0.39 is 11.2 Å². The number of fused-ring (bicyclic) bond motifs is 2. The Balaban J connectivity index is 0.000000174. The molecule has 6 saturated heterocycles. The number of ether oxygens (including phenoxy) is 4. The molecular weight excluding hydrogens is 843 g/mol. The first-order valence-corrected chi connectivity index (χ1v) is 23.8. The maximum absolute atomic E-state index is 12.5. The predicted octanol–water partition coefficient (Wildman–Crippen LogP) is 6.81. The molecule has 6 fully saturated rings. The van der Waals surface area contributed by atoms with Crippen molar-refractivity contribution in [3.63, 3.8) is 0 Å². The molecular formula is C48H72Cl2N6O7. The molecule has 63 heavy (non-hydrogen) atoms. The van der Waals surface area contributed by atoms with Crippen molar-refractivity contribution >= 4 is 41.2 Å². The van der Waals surface area contributed by atoms with Gasteiger partial charge in [-0.1, -0.05) is 47.5 Å². The van der Waals surface area contributed by atoms with E-state index in [9.17, 15) is 14.4 Å². The van der Waals surface area contributed by atoms with E-state index in [1.165, 1.54) is 11.1 Å². The van der Waals surface area contributed by atoms with Crippen molar-refractivity contribution in [3.05, 3.63) is 69.7 Å². The van der Waals surface area contributed by atoms with Gasteiger partial charge in [0.15, 0.2) is 0 Å². The smallest absolute Gasteiger partial charge is 0.410 e. The van der Waals surface area contributed by atoms with Crippen LogP contribution in [0.2, 0.25) is 10.0 Å². The van der Waals surface area contributed by atoms with Gasteiger partial charge < -0.3 is 34.1 Å². The molecule has 0 spiro atoms. The quantitative estimate of drug-likeness (QED) is 0.342. The molecule has 0 unspecified atom stereocenters. The van der Waals surface area contributed by atoms with Gasteiger partial charge in [-0.15, -0.1) is 0 Å². The van der Waals surface area contributed by atoms with Gasteiger partial charge in [0.2, 0.25) is 0 Å². The monoisotopic (exact) mass is 914 g/mol. The van der Waals surface area contributed by atoms with E-state index in [2.05, 4.69) is 44.3 Å². The SMILES string of the molecule is CC(C)(C)OC(=O)N1CCC(=O)CC1.CC(C)(C)OC(=O)N1CCC(N2C[C@@H]3COCCN3C[C@@H]2Cc2ccc(Cl)cc2)CC1.Clc1ccc(C[C@H]2CN3CCOC[C@H]3CN2)cc1. The van der Waals surface area contributed by atoms with Crippen molar-refractivity contribution in [1.29, 1.82) is 0 Å². The summed E-state index contributed by atoms with van der Waals surface area (Å²) in [5.74, 6) is 0.227. The summed E-state index contributed by atoms with van der Waals surface area (Å²) < 4.78 is 22.1. The third-order valence-electron chi connectivity index (χ3n) is 12.5. The third kappa shape index (κ3) is 15.8. The van der Waals surface area contributed by atoms with Gasteiger partial charge >= 0.3 is 12.2 Å². The molecule has 350 valence electrons. The average Bonchev–Trinajstić information content (AvgIpc) is 3.24. The Morgan fingerprint density at radius 2 is 1.14 bits per heavy atom. The molecule has 15 heteroatoms. The van der Waals surface area contributed by atoms with Gasteiger partial charge in [0, 0.05) is 119 Å². The van der Waals surface area contributed by atoms with Gasteiger partial charge in [0.05, 0.1) is 26.4 Å². The minimum absolute atomic E-state index is 0.186. The summed E-state index contributed by atoms with van der Waals surface area (Å²) in [7, 11) is 0. The lowest BCUT2D eigenvalue weighted by Gasteiger charge is -2.52. The number of Topliss-reactive ketones (excluding diaryl/α,β-unsaturated/α-hetero) is 1. The zero-order chi connectivity index (χ0) is 45.1. The third-order valence-corrected chi connectivity index (χ3v) is 13.0. The van der Waals surface area contributed by atoms with Crippen LogP contribution in [-0.4, -0.2) is 176 Å². The van der Waals surface area contributed by atoms with Gasteiger partial charge in [-0.3, -0.25) is 19.5 Å². The maximum Gasteiger partial charge on any atom is 0.410 e. The van der Waals surface area contributed by atoms with Crippen molar-refractivity contribution in [2.75, 3.05) is 91.9 Å². The molecule has 6 heterocycles. The fourth-order valence-corrected chi connectivity index (χ4v) is 9.42. The second-order valence-corrected chi connectivity index (χ2v) is 20.6. The molecule has 0 bridgehead atoms. The molecule has 2 aromatic carbocycles. The summed E-state index contributed by atoms with van der Waals surface area (Å²) in [4.78, 5) is 46.3. The van der Waals surface area contributed by atoms with Crippen LogP contribution in [0.15, 0.2) is 48.5 Å². The molecule has 2 aromatic rings. The van der Waals surface area contributed by atoms with Crippen LogP contribution in [0.4, 0.5) is 9.59 Å². The van der Waals surface area contributed by atoms with E-state index in [1.807, 2.05) is 70.7 Å². The number of halogens is 2. The number of hydrogen-bond acceptors (Lipinski definition) is 11. The fourth-order valence-electron chi connectivity index (χ4n) is 9.17. The summed E-state index contributed by atoms with van der Waals surface area (Å²) in [6.07, 6.45) is 4.49. The van der Waals surface area contributed by atoms with Crippen molar-refractivity contribution in [3.8, 4) is 0 Å². The van der Waals surface area contributed by atoms with Crippen molar-refractivity contribution in [2.24, 2.45) is 0 Å². The summed E-state index contributed by atoms with van der Waals surface area (Å²) in [5.41, 5.74) is 1.77. The second kappa shape index (κ2) is 22.9. The van der Waals surface area contributed by atoms with Crippen molar-refractivity contribution < 1.29 is 33.3 Å². The van der Waals surface area contributed by atoms with E-state index in [-0.39, 0.29) is 18.0 Å². The van der Waals surface area contributed by atoms with Crippen LogP contribution < -0.4 is 5.32 Å². The number of likely N-dealkylation sites (tertiary alicyclic amines) is 2. The number of nitrogens with zero attached hydrogens (tertiary/aromatic N) is 5. The predicted molar refractivity (Wildman–Crippen MR) is 248 cm³/mol. The summed E-state index contributed by atoms with van der Waals surface area (Å²) in [5, 5.41) is 5.22. The van der Waals surface area contributed by atoms with Gasteiger partial charge in [0.1, 0.15) is 17.0 Å². The zero-order valence-corrected chi connectivity index (χ0v) is 40.0. The van der Waals surface area contributed by atoms with Crippen LogP contribution in [0.25, 0.3) is 0 Å². The molecule has 0 aliphatic carbocycles. The number of hydrogen-bond donors (Lipinski definition) is 1. The van der Waals surface area contributed by atoms with Crippen LogP contribution in [0.3, 0.4) is 0 Å². The Morgan fingerprint density at radius 3 is 1.68 bits per heavy atom. The molecule has 6 aliphatic rings. The number of morpholine rings is 2. The first-order valence-electron chi connectivity index (χ1n) is 23.1. The molecule has 4 atom stereocenters. The molecule has 8 rings (SSSR count). The number of carbonyl (C=O) groups is 3. The Labute approximate surface area is 385 Å². The Kier molecular flexibility index (Phi) is 18.0. The standard InChI is InChI=1S/C24H36ClN3O3.C14H19ClN2O.C10H17NO3/c1-24(2,3)31-23(29)26-10-8-20(9-11-26)28-16-22-17-30-13-12-27(22)15-21(28)14-18-4-6-19(25)7-5-18;15-12-3-1-11(2-4-12)7-13-9-17-5-6-18-10-14(17)8-16-13;1-10(2,3)14-9(13)11-6-4-8(12)5-7-11/h4-7,20-22H,8-17H2,1-3H3;1-4,13-14,16H,5-10H2;4-7H2,1-3H3/t21-,22+;13-,14+;/m00./s1. The summed E-state index contributed by atoms with van der Waals surface area (Å²) in [6.45, 7) is 23.5. The topological polar surface area (TPSA) is 116 Å². The highest BCUT2D eigenvalue weighted by atomic mass is 35.5. The van der Waals surface area contributed by atoms with E-state index in [4.69, 9.17) is 42.1 Å². The van der Waals surface area contributed by atoms with Gasteiger partial charge in [-0.05, 0) is 103 Å². The number of carbonyl (C=O) groups excluding carboxylic acids is 3. The van der Waals surface area contributed by atoms with Crippen LogP contribution in [-0.2, 0) is 36.6 Å². The van der Waals surface area contributed by atoms with Crippen LogP contribution >= 0.6 is 23.2 Å². The van der Waals surface area contributed by atoms with E-state index >= 15 is 0 Å². The summed E-state index contributed by atoms with van der Waals surface area (Å²) in [6, 6.07) is 19.0. The lowest BCUT2D eigenvalue weighted by atomic mass is 9.93. The molecule has 6 aliphatic heterocycles. The van der Waals surface area contributed by atoms with Gasteiger partial charge in [-0.2, -0.15) is 0 Å². The largest absolute Gasteiger partial charge is 0.444 e. The maximum atomic E-state index is 12.5. The van der Waals surface area contributed by atoms with Crippen molar-refractivity contribution in [1.82, 2.24) is 29.8 Å². The van der Waals surface area contributed by atoms with Crippen LogP contribution in [0.5, 0.6) is 0 Å². The molecule has 2 amide bonds. The van der Waals surface area contributed by atoms with Crippen molar-refractivity contribution in [2.45, 2.75) is 121 Å². The lowest BCUT2D eigenvalue weighted by Crippen LogP contribution is -2.65. The number of nitrogens with one attached hydrogen (secondary N) is 1. The number of amides is 2. The molecule has 0 aromatic heterocycles. The lowest BCUT2D eigenvalue weighted by molar-refractivity contribution is -0.121. The number of rotatable bonds is 5. The number of ketones is 1. The normalized spacial score (nSPS) is 25.4. The number of benzene rings is 2. The first-order chi connectivity index (χ1) is 30.0. The highest BCUT2D eigenvalue weighted by molar-refractivity contribution is 6.30. The second-order valence-electron chi connectivity index (χ2n) is 19.8. The van der Waals surface area contributed by atoms with Crippen LogP contribution in [0, 0.1) is 0 Å².